The van der Waals surface area contributed by atoms with Gasteiger partial charge in [0.1, 0.15) is 18.2 Å². The molecule has 0 bridgehead atoms. The summed E-state index contributed by atoms with van der Waals surface area (Å²) in [6.45, 7) is 3.67. The molecular formula is C18H24F4O3. The molecule has 1 rings (SSSR count). The molecule has 0 aliphatic heterocycles. The van der Waals surface area contributed by atoms with Crippen LogP contribution in [0.1, 0.15) is 57.9 Å². The van der Waals surface area contributed by atoms with Gasteiger partial charge in [0.05, 0.1) is 5.92 Å². The molecule has 0 aliphatic rings. The monoisotopic (exact) mass is 364 g/mol. The zero-order valence-corrected chi connectivity index (χ0v) is 14.5. The summed E-state index contributed by atoms with van der Waals surface area (Å²) < 4.78 is 58.8. The Hall–Kier alpha value is -1.79. The molecule has 0 N–H and O–H groups in total. The van der Waals surface area contributed by atoms with Crippen LogP contribution in [0, 0.1) is 11.7 Å². The Morgan fingerprint density at radius 2 is 1.88 bits per heavy atom. The summed E-state index contributed by atoms with van der Waals surface area (Å²) in [5, 5.41) is 0. The molecule has 1 aromatic rings. The van der Waals surface area contributed by atoms with Crippen molar-refractivity contribution in [3.63, 3.8) is 0 Å². The average molecular weight is 364 g/mol. The molecule has 0 aromatic heterocycles. The maximum atomic E-state index is 13.8. The first-order valence-corrected chi connectivity index (χ1v) is 8.47. The standard InChI is InChI=1S/C18H24F4O3/c1-3-5-6-7-8-13(4-2)17(23)24-12-14-9-10-15(11-16(14)19)25-18(20,21)22/h9-11,13H,3-8,12H2,1-2H3. The zero-order chi connectivity index (χ0) is 18.9. The maximum Gasteiger partial charge on any atom is 0.573 e. The number of esters is 1. The Balaban J connectivity index is 2.54. The largest absolute Gasteiger partial charge is 0.573 e. The third kappa shape index (κ3) is 8.23. The topological polar surface area (TPSA) is 35.5 Å². The average Bonchev–Trinajstić information content (AvgIpc) is 2.52. The molecule has 3 nitrogen and oxygen atoms in total. The fraction of sp³-hybridized carbons (Fsp3) is 0.611. The van der Waals surface area contributed by atoms with E-state index in [1.54, 1.807) is 0 Å². The van der Waals surface area contributed by atoms with Crippen LogP contribution in [0.5, 0.6) is 5.75 Å². The van der Waals surface area contributed by atoms with Crippen LogP contribution in [0.25, 0.3) is 0 Å². The second-order valence-electron chi connectivity index (χ2n) is 5.86. The molecule has 1 aromatic carbocycles. The van der Waals surface area contributed by atoms with E-state index in [0.717, 1.165) is 44.2 Å². The molecule has 0 heterocycles. The molecule has 7 heteroatoms. The second kappa shape index (κ2) is 10.3. The van der Waals surface area contributed by atoms with Gasteiger partial charge in [-0.15, -0.1) is 13.2 Å². The highest BCUT2D eigenvalue weighted by atomic mass is 19.4. The summed E-state index contributed by atoms with van der Waals surface area (Å²) in [5.41, 5.74) is 0.00344. The number of halogens is 4. The van der Waals surface area contributed by atoms with Crippen molar-refractivity contribution < 1.29 is 31.8 Å². The van der Waals surface area contributed by atoms with Crippen LogP contribution in [0.4, 0.5) is 17.6 Å². The molecule has 25 heavy (non-hydrogen) atoms. The third-order valence-electron chi connectivity index (χ3n) is 3.86. The van der Waals surface area contributed by atoms with Gasteiger partial charge in [-0.1, -0.05) is 39.5 Å². The Labute approximate surface area is 145 Å². The lowest BCUT2D eigenvalue weighted by Crippen LogP contribution is -2.18. The maximum absolute atomic E-state index is 13.8. The van der Waals surface area contributed by atoms with Crippen molar-refractivity contribution in [2.75, 3.05) is 0 Å². The normalized spacial score (nSPS) is 12.7. The van der Waals surface area contributed by atoms with Gasteiger partial charge in [-0.2, -0.15) is 0 Å². The van der Waals surface area contributed by atoms with E-state index in [1.165, 1.54) is 0 Å². The minimum Gasteiger partial charge on any atom is -0.460 e. The van der Waals surface area contributed by atoms with Gasteiger partial charge in [0.2, 0.25) is 0 Å². The van der Waals surface area contributed by atoms with Crippen LogP contribution < -0.4 is 4.74 Å². The van der Waals surface area contributed by atoms with E-state index in [9.17, 15) is 22.4 Å². The van der Waals surface area contributed by atoms with E-state index < -0.39 is 23.9 Å². The predicted octanol–water partition coefficient (Wildman–Crippen LogP) is 5.76. The summed E-state index contributed by atoms with van der Waals surface area (Å²) >= 11 is 0. The van der Waals surface area contributed by atoms with Gasteiger partial charge in [-0.05, 0) is 25.0 Å². The predicted molar refractivity (Wildman–Crippen MR) is 85.4 cm³/mol. The first kappa shape index (κ1) is 21.3. The summed E-state index contributed by atoms with van der Waals surface area (Å²) in [6, 6.07) is 2.73. The Morgan fingerprint density at radius 3 is 2.44 bits per heavy atom. The highest BCUT2D eigenvalue weighted by molar-refractivity contribution is 5.72. The highest BCUT2D eigenvalue weighted by Gasteiger charge is 2.31. The Bertz CT molecular complexity index is 544. The van der Waals surface area contributed by atoms with E-state index in [4.69, 9.17) is 4.74 Å². The number of carbonyl (C=O) groups is 1. The summed E-state index contributed by atoms with van der Waals surface area (Å²) in [7, 11) is 0. The van der Waals surface area contributed by atoms with E-state index >= 15 is 0 Å². The number of benzene rings is 1. The number of ether oxygens (including phenoxy) is 2. The Kier molecular flexibility index (Phi) is 8.72. The van der Waals surface area contributed by atoms with Crippen LogP contribution in [-0.2, 0) is 16.1 Å². The SMILES string of the molecule is CCCCCCC(CC)C(=O)OCc1ccc(OC(F)(F)F)cc1F. The summed E-state index contributed by atoms with van der Waals surface area (Å²) in [6.07, 6.45) is 0.668. The van der Waals surface area contributed by atoms with Crippen LogP contribution in [0.2, 0.25) is 0 Å². The molecule has 1 unspecified atom stereocenters. The molecule has 0 aliphatic carbocycles. The molecule has 0 amide bonds. The fourth-order valence-corrected chi connectivity index (χ4v) is 2.42. The van der Waals surface area contributed by atoms with E-state index in [0.29, 0.717) is 12.5 Å². The number of unbranched alkanes of at least 4 members (excludes halogenated alkanes) is 3. The van der Waals surface area contributed by atoms with Gasteiger partial charge in [0.15, 0.2) is 0 Å². The van der Waals surface area contributed by atoms with Gasteiger partial charge >= 0.3 is 12.3 Å². The number of rotatable bonds is 10. The van der Waals surface area contributed by atoms with Crippen molar-refractivity contribution in [2.24, 2.45) is 5.92 Å². The highest BCUT2D eigenvalue weighted by Crippen LogP contribution is 2.25. The fourth-order valence-electron chi connectivity index (χ4n) is 2.42. The quantitative estimate of drug-likeness (QED) is 0.301. The first-order valence-electron chi connectivity index (χ1n) is 8.47. The van der Waals surface area contributed by atoms with Crippen LogP contribution in [0.15, 0.2) is 18.2 Å². The van der Waals surface area contributed by atoms with Crippen molar-refractivity contribution in [3.05, 3.63) is 29.6 Å². The third-order valence-corrected chi connectivity index (χ3v) is 3.86. The Morgan fingerprint density at radius 1 is 1.16 bits per heavy atom. The van der Waals surface area contributed by atoms with E-state index in [2.05, 4.69) is 11.7 Å². The molecule has 142 valence electrons. The van der Waals surface area contributed by atoms with Crippen LogP contribution in [-0.4, -0.2) is 12.3 Å². The minimum absolute atomic E-state index is 0.00344. The number of hydrogen-bond donors (Lipinski definition) is 0. The van der Waals surface area contributed by atoms with Crippen molar-refractivity contribution >= 4 is 5.97 Å². The van der Waals surface area contributed by atoms with Crippen LogP contribution >= 0.6 is 0 Å². The van der Waals surface area contributed by atoms with Crippen molar-refractivity contribution in [2.45, 2.75) is 65.3 Å². The first-order chi connectivity index (χ1) is 11.8. The summed E-state index contributed by atoms with van der Waals surface area (Å²) in [4.78, 5) is 12.1. The van der Waals surface area contributed by atoms with Gasteiger partial charge in [-0.25, -0.2) is 4.39 Å². The van der Waals surface area contributed by atoms with Gasteiger partial charge in [-0.3, -0.25) is 4.79 Å². The van der Waals surface area contributed by atoms with Gasteiger partial charge < -0.3 is 9.47 Å². The minimum atomic E-state index is -4.88. The van der Waals surface area contributed by atoms with Crippen LogP contribution in [0.3, 0.4) is 0 Å². The molecule has 0 saturated heterocycles. The number of alkyl halides is 3. The smallest absolute Gasteiger partial charge is 0.460 e. The van der Waals surface area contributed by atoms with Crippen molar-refractivity contribution in [3.8, 4) is 5.75 Å². The van der Waals surface area contributed by atoms with E-state index in [1.807, 2.05) is 6.92 Å². The molecule has 0 spiro atoms. The molecule has 0 fully saturated rings. The number of hydrogen-bond acceptors (Lipinski definition) is 3. The van der Waals surface area contributed by atoms with E-state index in [-0.39, 0.29) is 18.1 Å². The second-order valence-corrected chi connectivity index (χ2v) is 5.86. The molecule has 0 radical (unpaired) electrons. The van der Waals surface area contributed by atoms with Crippen molar-refractivity contribution in [1.82, 2.24) is 0 Å². The number of carbonyl (C=O) groups excluding carboxylic acids is 1. The lowest BCUT2D eigenvalue weighted by molar-refractivity contribution is -0.274. The molecule has 1 atom stereocenters. The lowest BCUT2D eigenvalue weighted by Gasteiger charge is -2.15. The zero-order valence-electron chi connectivity index (χ0n) is 14.5. The molecule has 0 saturated carbocycles. The lowest BCUT2D eigenvalue weighted by atomic mass is 9.98. The van der Waals surface area contributed by atoms with Gasteiger partial charge in [0, 0.05) is 11.6 Å². The van der Waals surface area contributed by atoms with Crippen molar-refractivity contribution in [1.29, 1.82) is 0 Å². The van der Waals surface area contributed by atoms with Gasteiger partial charge in [0.25, 0.3) is 0 Å². The molecular weight excluding hydrogens is 340 g/mol. The summed E-state index contributed by atoms with van der Waals surface area (Å²) in [5.74, 6) is -2.21.